The van der Waals surface area contributed by atoms with Crippen LogP contribution in [0.25, 0.3) is 10.9 Å². The number of benzene rings is 1. The molecule has 0 saturated heterocycles. The summed E-state index contributed by atoms with van der Waals surface area (Å²) in [4.78, 5) is 9.27. The summed E-state index contributed by atoms with van der Waals surface area (Å²) in [7, 11) is 0. The first kappa shape index (κ1) is 11.4. The Balaban J connectivity index is 1.97. The van der Waals surface area contributed by atoms with Crippen LogP contribution in [0.3, 0.4) is 0 Å². The lowest BCUT2D eigenvalue weighted by atomic mass is 10.0. The zero-order valence-electron chi connectivity index (χ0n) is 10.6. The quantitative estimate of drug-likeness (QED) is 0.737. The zero-order valence-corrected chi connectivity index (χ0v) is 10.6. The maximum Gasteiger partial charge on any atom is 0.0702 e. The van der Waals surface area contributed by atoms with Crippen LogP contribution < -0.4 is 0 Å². The Hall–Kier alpha value is -1.70. The molecular formula is C16H18N2. The largest absolute Gasteiger partial charge is 0.289 e. The van der Waals surface area contributed by atoms with Gasteiger partial charge in [-0.3, -0.25) is 9.98 Å². The molecule has 0 amide bonds. The minimum atomic E-state index is 0.974. The van der Waals surface area contributed by atoms with E-state index >= 15 is 0 Å². The SMILES string of the molecule is c1ccc2ncc(/C3=N/CCCCCC3)cc2c1. The van der Waals surface area contributed by atoms with Gasteiger partial charge in [0.15, 0.2) is 0 Å². The highest BCUT2D eigenvalue weighted by Gasteiger charge is 2.07. The van der Waals surface area contributed by atoms with E-state index in [1.54, 1.807) is 0 Å². The number of aliphatic imine (C=N–C) groups is 1. The number of para-hydroxylation sites is 1. The van der Waals surface area contributed by atoms with E-state index in [9.17, 15) is 0 Å². The fourth-order valence-electron chi connectivity index (χ4n) is 2.52. The van der Waals surface area contributed by atoms with Crippen LogP contribution >= 0.6 is 0 Å². The van der Waals surface area contributed by atoms with E-state index < -0.39 is 0 Å². The molecule has 1 aromatic heterocycles. The molecule has 2 aromatic rings. The number of rotatable bonds is 1. The average molecular weight is 238 g/mol. The van der Waals surface area contributed by atoms with Gasteiger partial charge in [-0.15, -0.1) is 0 Å². The molecule has 0 fully saturated rings. The van der Waals surface area contributed by atoms with Gasteiger partial charge in [0.05, 0.1) is 5.52 Å². The van der Waals surface area contributed by atoms with E-state index in [0.717, 1.165) is 18.5 Å². The minimum absolute atomic E-state index is 0.974. The van der Waals surface area contributed by atoms with Crippen molar-refractivity contribution >= 4 is 16.6 Å². The Morgan fingerprint density at radius 1 is 0.944 bits per heavy atom. The summed E-state index contributed by atoms with van der Waals surface area (Å²) in [6.07, 6.45) is 8.21. The van der Waals surface area contributed by atoms with Gasteiger partial charge in [-0.05, 0) is 31.4 Å². The van der Waals surface area contributed by atoms with Crippen molar-refractivity contribution in [3.63, 3.8) is 0 Å². The van der Waals surface area contributed by atoms with Gasteiger partial charge in [0.2, 0.25) is 0 Å². The van der Waals surface area contributed by atoms with E-state index in [4.69, 9.17) is 4.99 Å². The van der Waals surface area contributed by atoms with Gasteiger partial charge in [-0.1, -0.05) is 31.0 Å². The fraction of sp³-hybridized carbons (Fsp3) is 0.375. The lowest BCUT2D eigenvalue weighted by Crippen LogP contribution is -2.05. The second-order valence-corrected chi connectivity index (χ2v) is 4.91. The molecular weight excluding hydrogens is 220 g/mol. The lowest BCUT2D eigenvalue weighted by molar-refractivity contribution is 0.644. The van der Waals surface area contributed by atoms with E-state index in [0.29, 0.717) is 0 Å². The Morgan fingerprint density at radius 3 is 2.83 bits per heavy atom. The summed E-state index contributed by atoms with van der Waals surface area (Å²) in [5.74, 6) is 0. The summed E-state index contributed by atoms with van der Waals surface area (Å²) >= 11 is 0. The molecule has 0 N–H and O–H groups in total. The topological polar surface area (TPSA) is 25.2 Å². The molecule has 0 unspecified atom stereocenters. The third-order valence-corrected chi connectivity index (χ3v) is 3.55. The van der Waals surface area contributed by atoms with Crippen LogP contribution in [0.5, 0.6) is 0 Å². The van der Waals surface area contributed by atoms with Gasteiger partial charge in [0.25, 0.3) is 0 Å². The standard InChI is InChI=1S/C16H18N2/c1-2-6-10-17-16(8-3-1)14-11-13-7-4-5-9-15(13)18-12-14/h4-5,7,9,11-12H,1-3,6,8,10H2/b17-16+. The zero-order chi connectivity index (χ0) is 12.2. The first-order valence-electron chi connectivity index (χ1n) is 6.82. The van der Waals surface area contributed by atoms with Crippen molar-refractivity contribution in [2.24, 2.45) is 4.99 Å². The number of hydrogen-bond acceptors (Lipinski definition) is 2. The Kier molecular flexibility index (Phi) is 3.35. The Morgan fingerprint density at radius 2 is 1.83 bits per heavy atom. The predicted molar refractivity (Wildman–Crippen MR) is 76.2 cm³/mol. The number of hydrogen-bond donors (Lipinski definition) is 0. The molecule has 1 aliphatic rings. The highest BCUT2D eigenvalue weighted by Crippen LogP contribution is 2.17. The molecule has 0 bridgehead atoms. The Labute approximate surface area is 108 Å². The second-order valence-electron chi connectivity index (χ2n) is 4.91. The van der Waals surface area contributed by atoms with E-state index in [2.05, 4.69) is 29.2 Å². The van der Waals surface area contributed by atoms with Gasteiger partial charge in [0.1, 0.15) is 0 Å². The molecule has 2 heterocycles. The van der Waals surface area contributed by atoms with Gasteiger partial charge >= 0.3 is 0 Å². The van der Waals surface area contributed by atoms with E-state index in [-0.39, 0.29) is 0 Å². The van der Waals surface area contributed by atoms with Crippen molar-refractivity contribution in [1.82, 2.24) is 4.98 Å². The monoisotopic (exact) mass is 238 g/mol. The highest BCUT2D eigenvalue weighted by molar-refractivity contribution is 6.02. The van der Waals surface area contributed by atoms with Crippen molar-refractivity contribution in [3.8, 4) is 0 Å². The molecule has 2 heteroatoms. The van der Waals surface area contributed by atoms with Crippen molar-refractivity contribution in [2.45, 2.75) is 32.1 Å². The van der Waals surface area contributed by atoms with Crippen molar-refractivity contribution < 1.29 is 0 Å². The van der Waals surface area contributed by atoms with Crippen LogP contribution in [0.4, 0.5) is 0 Å². The van der Waals surface area contributed by atoms with Crippen LogP contribution in [-0.4, -0.2) is 17.2 Å². The molecule has 1 aliphatic heterocycles. The normalized spacial score (nSPS) is 19.9. The fourth-order valence-corrected chi connectivity index (χ4v) is 2.52. The summed E-state index contributed by atoms with van der Waals surface area (Å²) in [6, 6.07) is 10.5. The van der Waals surface area contributed by atoms with Crippen LogP contribution in [0, 0.1) is 0 Å². The lowest BCUT2D eigenvalue weighted by Gasteiger charge is -2.11. The molecule has 1 aromatic carbocycles. The summed E-state index contributed by atoms with van der Waals surface area (Å²) < 4.78 is 0. The molecule has 18 heavy (non-hydrogen) atoms. The number of nitrogens with zero attached hydrogens (tertiary/aromatic N) is 2. The van der Waals surface area contributed by atoms with Crippen LogP contribution in [0.1, 0.15) is 37.7 Å². The number of pyridine rings is 1. The molecule has 0 saturated carbocycles. The van der Waals surface area contributed by atoms with Gasteiger partial charge in [-0.25, -0.2) is 0 Å². The first-order valence-corrected chi connectivity index (χ1v) is 6.82. The maximum absolute atomic E-state index is 4.74. The van der Waals surface area contributed by atoms with Crippen molar-refractivity contribution in [2.75, 3.05) is 6.54 Å². The minimum Gasteiger partial charge on any atom is -0.289 e. The molecule has 0 radical (unpaired) electrons. The van der Waals surface area contributed by atoms with Crippen LogP contribution in [-0.2, 0) is 0 Å². The molecule has 0 aliphatic carbocycles. The Bertz CT molecular complexity index is 572. The molecule has 92 valence electrons. The summed E-state index contributed by atoms with van der Waals surface area (Å²) in [6.45, 7) is 0.974. The average Bonchev–Trinajstić information content (AvgIpc) is 2.38. The van der Waals surface area contributed by atoms with Crippen LogP contribution in [0.15, 0.2) is 41.5 Å². The van der Waals surface area contributed by atoms with Gasteiger partial charge < -0.3 is 0 Å². The number of fused-ring (bicyclic) bond motifs is 1. The van der Waals surface area contributed by atoms with Gasteiger partial charge in [-0.2, -0.15) is 0 Å². The number of aromatic nitrogens is 1. The molecule has 3 rings (SSSR count). The van der Waals surface area contributed by atoms with E-state index in [1.165, 1.54) is 42.3 Å². The summed E-state index contributed by atoms with van der Waals surface area (Å²) in [5.41, 5.74) is 3.51. The third-order valence-electron chi connectivity index (χ3n) is 3.55. The predicted octanol–water partition coefficient (Wildman–Crippen LogP) is 3.99. The molecule has 0 atom stereocenters. The van der Waals surface area contributed by atoms with Crippen LogP contribution in [0.2, 0.25) is 0 Å². The first-order chi connectivity index (χ1) is 8.93. The third kappa shape index (κ3) is 2.42. The molecule has 0 spiro atoms. The smallest absolute Gasteiger partial charge is 0.0702 e. The summed E-state index contributed by atoms with van der Waals surface area (Å²) in [5, 5.41) is 1.21. The van der Waals surface area contributed by atoms with E-state index in [1.807, 2.05) is 12.3 Å². The van der Waals surface area contributed by atoms with Crippen molar-refractivity contribution in [1.29, 1.82) is 0 Å². The highest BCUT2D eigenvalue weighted by atomic mass is 14.7. The maximum atomic E-state index is 4.74. The second kappa shape index (κ2) is 5.30. The molecule has 2 nitrogen and oxygen atoms in total. The van der Waals surface area contributed by atoms with Gasteiger partial charge in [0, 0.05) is 29.4 Å². The van der Waals surface area contributed by atoms with Crippen molar-refractivity contribution in [3.05, 3.63) is 42.1 Å².